The molecule has 6 nitrogen and oxygen atoms in total. The van der Waals surface area contributed by atoms with E-state index in [0.717, 1.165) is 109 Å². The van der Waals surface area contributed by atoms with Gasteiger partial charge in [0.15, 0.2) is 6.10 Å². The molecule has 0 aliphatic heterocycles. The second kappa shape index (κ2) is 61.1. The van der Waals surface area contributed by atoms with E-state index in [9.17, 15) is 14.4 Å². The average Bonchev–Trinajstić information content (AvgIpc) is 3.39. The van der Waals surface area contributed by atoms with Crippen molar-refractivity contribution in [3.05, 3.63) is 85.1 Å². The zero-order chi connectivity index (χ0) is 52.9. The van der Waals surface area contributed by atoms with Crippen LogP contribution >= 0.6 is 0 Å². The van der Waals surface area contributed by atoms with Gasteiger partial charge in [0.1, 0.15) is 13.2 Å². The molecule has 0 aliphatic carbocycles. The number of allylic oxidation sites excluding steroid dienone is 14. The van der Waals surface area contributed by atoms with E-state index in [2.05, 4.69) is 106 Å². The predicted octanol–water partition coefficient (Wildman–Crippen LogP) is 21.1. The molecular formula is C67H116O6. The molecule has 0 aliphatic rings. The Bertz CT molecular complexity index is 1400. The molecule has 0 aromatic carbocycles. The van der Waals surface area contributed by atoms with Gasteiger partial charge in [-0.05, 0) is 96.3 Å². The normalized spacial score (nSPS) is 12.6. The van der Waals surface area contributed by atoms with E-state index < -0.39 is 6.10 Å². The highest BCUT2D eigenvalue weighted by molar-refractivity contribution is 5.71. The Morgan fingerprint density at radius 3 is 0.836 bits per heavy atom. The Labute approximate surface area is 452 Å². The van der Waals surface area contributed by atoms with Crippen LogP contribution in [0.4, 0.5) is 0 Å². The molecular weight excluding hydrogens is 901 g/mol. The first kappa shape index (κ1) is 69.6. The van der Waals surface area contributed by atoms with Crippen molar-refractivity contribution >= 4 is 17.9 Å². The smallest absolute Gasteiger partial charge is 0.306 e. The highest BCUT2D eigenvalue weighted by Gasteiger charge is 2.19. The van der Waals surface area contributed by atoms with Crippen molar-refractivity contribution < 1.29 is 28.6 Å². The molecule has 0 bridgehead atoms. The van der Waals surface area contributed by atoms with Crippen LogP contribution in [-0.4, -0.2) is 37.2 Å². The maximum atomic E-state index is 12.9. The molecule has 0 saturated carbocycles. The van der Waals surface area contributed by atoms with Gasteiger partial charge in [-0.15, -0.1) is 0 Å². The lowest BCUT2D eigenvalue weighted by Crippen LogP contribution is -2.30. The first-order valence-corrected chi connectivity index (χ1v) is 31.1. The van der Waals surface area contributed by atoms with Crippen molar-refractivity contribution in [3.8, 4) is 0 Å². The molecule has 6 heteroatoms. The van der Waals surface area contributed by atoms with E-state index >= 15 is 0 Å². The average molecular weight is 1020 g/mol. The van der Waals surface area contributed by atoms with Gasteiger partial charge in [-0.3, -0.25) is 14.4 Å². The molecule has 0 fully saturated rings. The summed E-state index contributed by atoms with van der Waals surface area (Å²) in [6.07, 6.45) is 80.2. The van der Waals surface area contributed by atoms with Gasteiger partial charge in [0, 0.05) is 19.3 Å². The van der Waals surface area contributed by atoms with E-state index in [1.807, 2.05) is 0 Å². The molecule has 0 rings (SSSR count). The number of rotatable bonds is 56. The Morgan fingerprint density at radius 1 is 0.288 bits per heavy atom. The molecule has 0 heterocycles. The molecule has 0 spiro atoms. The largest absolute Gasteiger partial charge is 0.462 e. The third-order valence-corrected chi connectivity index (χ3v) is 13.4. The summed E-state index contributed by atoms with van der Waals surface area (Å²) in [4.78, 5) is 38.2. The summed E-state index contributed by atoms with van der Waals surface area (Å²) < 4.78 is 16.9. The molecule has 1 unspecified atom stereocenters. The lowest BCUT2D eigenvalue weighted by molar-refractivity contribution is -0.167. The second-order valence-electron chi connectivity index (χ2n) is 20.6. The zero-order valence-electron chi connectivity index (χ0n) is 48.1. The van der Waals surface area contributed by atoms with Gasteiger partial charge in [-0.2, -0.15) is 0 Å². The molecule has 0 saturated heterocycles. The molecule has 73 heavy (non-hydrogen) atoms. The lowest BCUT2D eigenvalue weighted by atomic mass is 10.0. The van der Waals surface area contributed by atoms with Gasteiger partial charge < -0.3 is 14.2 Å². The number of hydrogen-bond acceptors (Lipinski definition) is 6. The Kier molecular flexibility index (Phi) is 58.3. The fourth-order valence-electron chi connectivity index (χ4n) is 8.74. The summed E-state index contributed by atoms with van der Waals surface area (Å²) in [5, 5.41) is 0. The van der Waals surface area contributed by atoms with Crippen LogP contribution in [0, 0.1) is 0 Å². The minimum absolute atomic E-state index is 0.0800. The van der Waals surface area contributed by atoms with Gasteiger partial charge in [-0.1, -0.05) is 273 Å². The van der Waals surface area contributed by atoms with Crippen LogP contribution in [0.1, 0.15) is 303 Å². The minimum Gasteiger partial charge on any atom is -0.462 e. The first-order valence-electron chi connectivity index (χ1n) is 31.1. The van der Waals surface area contributed by atoms with E-state index in [-0.39, 0.29) is 31.1 Å². The summed E-state index contributed by atoms with van der Waals surface area (Å²) in [6.45, 7) is 6.51. The maximum Gasteiger partial charge on any atom is 0.306 e. The lowest BCUT2D eigenvalue weighted by Gasteiger charge is -2.18. The number of carbonyl (C=O) groups excluding carboxylic acids is 3. The van der Waals surface area contributed by atoms with Crippen LogP contribution in [0.15, 0.2) is 85.1 Å². The van der Waals surface area contributed by atoms with Crippen molar-refractivity contribution in [2.75, 3.05) is 13.2 Å². The molecule has 0 amide bonds. The van der Waals surface area contributed by atoms with Gasteiger partial charge in [0.25, 0.3) is 0 Å². The summed E-state index contributed by atoms with van der Waals surface area (Å²) in [5.41, 5.74) is 0. The Balaban J connectivity index is 4.25. The van der Waals surface area contributed by atoms with Gasteiger partial charge in [0.2, 0.25) is 0 Å². The van der Waals surface area contributed by atoms with E-state index in [4.69, 9.17) is 14.2 Å². The third kappa shape index (κ3) is 59.3. The Hall–Kier alpha value is -3.41. The highest BCUT2D eigenvalue weighted by atomic mass is 16.6. The summed E-state index contributed by atoms with van der Waals surface area (Å²) >= 11 is 0. The van der Waals surface area contributed by atoms with E-state index in [1.54, 1.807) is 0 Å². The number of esters is 3. The van der Waals surface area contributed by atoms with Crippen molar-refractivity contribution in [1.29, 1.82) is 0 Å². The molecule has 0 aromatic rings. The predicted molar refractivity (Wildman–Crippen MR) is 316 cm³/mol. The van der Waals surface area contributed by atoms with E-state index in [1.165, 1.54) is 154 Å². The number of ether oxygens (including phenoxy) is 3. The molecule has 420 valence electrons. The van der Waals surface area contributed by atoms with Crippen LogP contribution < -0.4 is 0 Å². The highest BCUT2D eigenvalue weighted by Crippen LogP contribution is 2.16. The Morgan fingerprint density at radius 2 is 0.534 bits per heavy atom. The first-order chi connectivity index (χ1) is 36.0. The van der Waals surface area contributed by atoms with Crippen molar-refractivity contribution in [3.63, 3.8) is 0 Å². The topological polar surface area (TPSA) is 78.9 Å². The molecule has 1 atom stereocenters. The van der Waals surface area contributed by atoms with Crippen LogP contribution in [0.5, 0.6) is 0 Å². The van der Waals surface area contributed by atoms with Crippen LogP contribution in [0.25, 0.3) is 0 Å². The second-order valence-corrected chi connectivity index (χ2v) is 20.6. The standard InChI is InChI=1S/C67H116O6/c1-4-7-10-13-16-19-21-23-25-27-29-31-32-33-34-36-37-39-41-43-45-48-51-54-57-60-66(69)72-63-64(62-71-65(68)59-56-53-50-47-18-15-12-9-6-3)73-67(70)61-58-55-52-49-46-44-42-40-38-35-30-28-26-24-22-20-17-14-11-8-5-2/h7,10,16,19,22-25,28-31,38,40,64H,4-6,8-9,11-15,17-18,20-21,26-27,32-37,39,41-63H2,1-3H3/b10-7-,19-16-,24-22-,25-23-,30-28-,31-29-,40-38-. The molecule has 0 radical (unpaired) electrons. The SMILES string of the molecule is CC/C=C\C/C=C\C/C=C\C/C=C\CCCCCCCCCCCCCCC(=O)OCC(COC(=O)CCCCCCCCCCC)OC(=O)CCCCCCCC/C=C\C/C=C\C/C=C\CCCCCCC. The summed E-state index contributed by atoms with van der Waals surface area (Å²) in [6, 6.07) is 0. The van der Waals surface area contributed by atoms with Crippen LogP contribution in [0.3, 0.4) is 0 Å². The zero-order valence-corrected chi connectivity index (χ0v) is 48.1. The summed E-state index contributed by atoms with van der Waals surface area (Å²) in [5.74, 6) is -0.888. The maximum absolute atomic E-state index is 12.9. The van der Waals surface area contributed by atoms with Gasteiger partial charge in [-0.25, -0.2) is 0 Å². The molecule has 0 aromatic heterocycles. The van der Waals surface area contributed by atoms with Crippen molar-refractivity contribution in [2.45, 2.75) is 309 Å². The van der Waals surface area contributed by atoms with Gasteiger partial charge >= 0.3 is 17.9 Å². The van der Waals surface area contributed by atoms with Crippen molar-refractivity contribution in [2.24, 2.45) is 0 Å². The fourth-order valence-corrected chi connectivity index (χ4v) is 8.74. The van der Waals surface area contributed by atoms with Crippen LogP contribution in [0.2, 0.25) is 0 Å². The fraction of sp³-hybridized carbons (Fsp3) is 0.746. The number of hydrogen-bond donors (Lipinski definition) is 0. The quantitative estimate of drug-likeness (QED) is 0.0261. The minimum atomic E-state index is -0.783. The van der Waals surface area contributed by atoms with Crippen molar-refractivity contribution in [1.82, 2.24) is 0 Å². The third-order valence-electron chi connectivity index (χ3n) is 13.4. The van der Waals surface area contributed by atoms with Gasteiger partial charge in [0.05, 0.1) is 0 Å². The number of unbranched alkanes of at least 4 members (excludes halogenated alkanes) is 31. The number of carbonyl (C=O) groups is 3. The van der Waals surface area contributed by atoms with Crippen LogP contribution in [-0.2, 0) is 28.6 Å². The summed E-state index contributed by atoms with van der Waals surface area (Å²) in [7, 11) is 0. The van der Waals surface area contributed by atoms with E-state index in [0.29, 0.717) is 19.3 Å². The monoisotopic (exact) mass is 1020 g/mol. The molecule has 0 N–H and O–H groups in total.